The summed E-state index contributed by atoms with van der Waals surface area (Å²) in [4.78, 5) is 0.116. The Morgan fingerprint density at radius 2 is 1.86 bits per heavy atom. The molecular weight excluding hydrogens is 302 g/mol. The van der Waals surface area contributed by atoms with Gasteiger partial charge in [-0.3, -0.25) is 0 Å². The number of nitrogens with one attached hydrogen (secondary N) is 2. The van der Waals surface area contributed by atoms with E-state index < -0.39 is 23.1 Å². The zero-order valence-electron chi connectivity index (χ0n) is 11.1. The number of ether oxygens (including phenoxy) is 1. The summed E-state index contributed by atoms with van der Waals surface area (Å²) in [6.07, 6.45) is -2.56. The van der Waals surface area contributed by atoms with E-state index in [1.165, 1.54) is 24.3 Å². The SMILES string of the molecule is O=S(=O)(NC1[C@H]2CNC[C@@H]12)c1ccc(OCC(F)F)cc1. The predicted octanol–water partition coefficient (Wildman–Crippen LogP) is 0.827. The lowest BCUT2D eigenvalue weighted by atomic mass is 10.3. The molecule has 2 aliphatic rings. The number of sulfonamides is 1. The number of rotatable bonds is 6. The van der Waals surface area contributed by atoms with E-state index >= 15 is 0 Å². The number of alkyl halides is 2. The summed E-state index contributed by atoms with van der Waals surface area (Å²) >= 11 is 0. The van der Waals surface area contributed by atoms with Gasteiger partial charge in [0.25, 0.3) is 6.43 Å². The molecule has 116 valence electrons. The van der Waals surface area contributed by atoms with Gasteiger partial charge in [-0.05, 0) is 49.2 Å². The Morgan fingerprint density at radius 1 is 1.24 bits per heavy atom. The van der Waals surface area contributed by atoms with Gasteiger partial charge in [0.2, 0.25) is 10.0 Å². The molecule has 1 aliphatic heterocycles. The van der Waals surface area contributed by atoms with Gasteiger partial charge < -0.3 is 10.1 Å². The number of fused-ring (bicyclic) bond motifs is 1. The molecule has 1 heterocycles. The molecule has 2 N–H and O–H groups in total. The first-order valence-electron chi connectivity index (χ1n) is 6.71. The van der Waals surface area contributed by atoms with Crippen LogP contribution in [0.2, 0.25) is 0 Å². The summed E-state index contributed by atoms with van der Waals surface area (Å²) in [7, 11) is -3.57. The van der Waals surface area contributed by atoms with Crippen LogP contribution in [0.3, 0.4) is 0 Å². The normalized spacial score (nSPS) is 27.7. The summed E-state index contributed by atoms with van der Waals surface area (Å²) in [5.41, 5.74) is 0. The van der Waals surface area contributed by atoms with Crippen molar-refractivity contribution in [3.05, 3.63) is 24.3 Å². The van der Waals surface area contributed by atoms with E-state index in [1.54, 1.807) is 0 Å². The second-order valence-electron chi connectivity index (χ2n) is 5.31. The van der Waals surface area contributed by atoms with Crippen LogP contribution in [-0.4, -0.2) is 40.6 Å². The average molecular weight is 318 g/mol. The molecule has 0 amide bonds. The second-order valence-corrected chi connectivity index (χ2v) is 7.02. The van der Waals surface area contributed by atoms with Crippen LogP contribution in [0.25, 0.3) is 0 Å². The van der Waals surface area contributed by atoms with Crippen molar-refractivity contribution in [3.8, 4) is 5.75 Å². The molecule has 1 saturated heterocycles. The van der Waals surface area contributed by atoms with Gasteiger partial charge in [0, 0.05) is 6.04 Å². The number of halogens is 2. The molecule has 1 aromatic rings. The monoisotopic (exact) mass is 318 g/mol. The van der Waals surface area contributed by atoms with Crippen molar-refractivity contribution in [3.63, 3.8) is 0 Å². The van der Waals surface area contributed by atoms with Gasteiger partial charge in [-0.2, -0.15) is 0 Å². The largest absolute Gasteiger partial charge is 0.488 e. The maximum Gasteiger partial charge on any atom is 0.272 e. The molecule has 21 heavy (non-hydrogen) atoms. The molecule has 1 aliphatic carbocycles. The number of benzene rings is 1. The molecule has 0 bridgehead atoms. The first kappa shape index (κ1) is 14.7. The summed E-state index contributed by atoms with van der Waals surface area (Å²) in [5.74, 6) is 0.989. The summed E-state index contributed by atoms with van der Waals surface area (Å²) < 4.78 is 55.9. The lowest BCUT2D eigenvalue weighted by Gasteiger charge is -2.10. The van der Waals surface area contributed by atoms with Crippen LogP contribution in [0.5, 0.6) is 5.75 Å². The Bertz CT molecular complexity index is 596. The smallest absolute Gasteiger partial charge is 0.272 e. The fourth-order valence-electron chi connectivity index (χ4n) is 2.71. The molecule has 1 unspecified atom stereocenters. The topological polar surface area (TPSA) is 67.4 Å². The van der Waals surface area contributed by atoms with Crippen LogP contribution in [0, 0.1) is 11.8 Å². The average Bonchev–Trinajstić information content (AvgIpc) is 2.88. The number of piperidine rings is 1. The second kappa shape index (κ2) is 5.51. The van der Waals surface area contributed by atoms with E-state index in [1.807, 2.05) is 0 Å². The maximum atomic E-state index is 12.2. The molecule has 3 atom stereocenters. The Kier molecular flexibility index (Phi) is 3.85. The fourth-order valence-corrected chi connectivity index (χ4v) is 4.05. The van der Waals surface area contributed by atoms with Crippen molar-refractivity contribution in [2.75, 3.05) is 19.7 Å². The molecule has 1 aromatic carbocycles. The molecule has 3 rings (SSSR count). The van der Waals surface area contributed by atoms with Gasteiger partial charge in [-0.15, -0.1) is 0 Å². The highest BCUT2D eigenvalue weighted by Crippen LogP contribution is 2.42. The molecule has 5 nitrogen and oxygen atoms in total. The van der Waals surface area contributed by atoms with Crippen molar-refractivity contribution in [1.82, 2.24) is 10.0 Å². The maximum absolute atomic E-state index is 12.2. The van der Waals surface area contributed by atoms with Crippen LogP contribution in [-0.2, 0) is 10.0 Å². The van der Waals surface area contributed by atoms with Gasteiger partial charge in [0.15, 0.2) is 0 Å². The van der Waals surface area contributed by atoms with Crippen LogP contribution in [0.4, 0.5) is 8.78 Å². The highest BCUT2D eigenvalue weighted by Gasteiger charge is 2.54. The molecular formula is C13H16F2N2O3S. The van der Waals surface area contributed by atoms with Gasteiger partial charge in [0.1, 0.15) is 12.4 Å². The van der Waals surface area contributed by atoms with Crippen molar-refractivity contribution in [2.24, 2.45) is 11.8 Å². The van der Waals surface area contributed by atoms with E-state index in [4.69, 9.17) is 4.74 Å². The minimum atomic E-state index is -3.57. The van der Waals surface area contributed by atoms with Crippen molar-refractivity contribution in [1.29, 1.82) is 0 Å². The third kappa shape index (κ3) is 3.17. The minimum absolute atomic E-state index is 0.00556. The third-order valence-corrected chi connectivity index (χ3v) is 5.37. The van der Waals surface area contributed by atoms with Crippen LogP contribution >= 0.6 is 0 Å². The van der Waals surface area contributed by atoms with Gasteiger partial charge in [-0.25, -0.2) is 21.9 Å². The van der Waals surface area contributed by atoms with Gasteiger partial charge in [-0.1, -0.05) is 0 Å². The van der Waals surface area contributed by atoms with E-state index in [9.17, 15) is 17.2 Å². The molecule has 0 radical (unpaired) electrons. The van der Waals surface area contributed by atoms with Crippen LogP contribution in [0.15, 0.2) is 29.2 Å². The fraction of sp³-hybridized carbons (Fsp3) is 0.538. The first-order valence-corrected chi connectivity index (χ1v) is 8.20. The summed E-state index contributed by atoms with van der Waals surface area (Å²) in [5, 5.41) is 3.20. The standard InChI is InChI=1S/C13H16F2N2O3S/c14-12(15)7-20-8-1-3-9(4-2-8)21(18,19)17-13-10-5-16-6-11(10)13/h1-4,10-13,16-17H,5-7H2/t10-,11+,13?. The van der Waals surface area contributed by atoms with Crippen molar-refractivity contribution in [2.45, 2.75) is 17.4 Å². The molecule has 0 aromatic heterocycles. The minimum Gasteiger partial charge on any atom is -0.488 e. The first-order chi connectivity index (χ1) is 9.97. The molecule has 0 spiro atoms. The lowest BCUT2D eigenvalue weighted by molar-refractivity contribution is 0.0819. The predicted molar refractivity (Wildman–Crippen MR) is 71.9 cm³/mol. The summed E-state index contributed by atoms with van der Waals surface area (Å²) in [6.45, 7) is 0.985. The van der Waals surface area contributed by atoms with Gasteiger partial charge >= 0.3 is 0 Å². The Balaban J connectivity index is 1.62. The van der Waals surface area contributed by atoms with Crippen LogP contribution in [0.1, 0.15) is 0 Å². The van der Waals surface area contributed by atoms with E-state index in [0.29, 0.717) is 11.8 Å². The molecule has 2 fully saturated rings. The highest BCUT2D eigenvalue weighted by molar-refractivity contribution is 7.89. The van der Waals surface area contributed by atoms with Gasteiger partial charge in [0.05, 0.1) is 4.90 Å². The number of hydrogen-bond acceptors (Lipinski definition) is 4. The Morgan fingerprint density at radius 3 is 2.43 bits per heavy atom. The number of hydrogen-bond donors (Lipinski definition) is 2. The summed E-state index contributed by atoms with van der Waals surface area (Å²) in [6, 6.07) is 5.49. The quantitative estimate of drug-likeness (QED) is 0.815. The van der Waals surface area contributed by atoms with E-state index in [0.717, 1.165) is 13.1 Å². The van der Waals surface area contributed by atoms with Crippen LogP contribution < -0.4 is 14.8 Å². The van der Waals surface area contributed by atoms with Crippen molar-refractivity contribution < 1.29 is 21.9 Å². The zero-order valence-corrected chi connectivity index (χ0v) is 11.9. The molecule has 1 saturated carbocycles. The Labute approximate surface area is 121 Å². The van der Waals surface area contributed by atoms with Crippen molar-refractivity contribution >= 4 is 10.0 Å². The zero-order chi connectivity index (χ0) is 15.0. The van der Waals surface area contributed by atoms with E-state index in [2.05, 4.69) is 10.0 Å². The lowest BCUT2D eigenvalue weighted by Crippen LogP contribution is -2.32. The molecule has 8 heteroatoms. The highest BCUT2D eigenvalue weighted by atomic mass is 32.2. The Hall–Kier alpha value is -1.25. The van der Waals surface area contributed by atoms with E-state index in [-0.39, 0.29) is 16.7 Å². The third-order valence-electron chi connectivity index (χ3n) is 3.89.